The number of nitrogens with zero attached hydrogens (tertiary/aromatic N) is 2. The van der Waals surface area contributed by atoms with E-state index in [0.29, 0.717) is 31.2 Å². The first kappa shape index (κ1) is 20.5. The molecule has 1 aromatic rings. The molecule has 2 aliphatic heterocycles. The molecule has 140 valence electrons. The molecule has 0 aromatic heterocycles. The predicted molar refractivity (Wildman–Crippen MR) is 99.6 cm³/mol. The van der Waals surface area contributed by atoms with Crippen molar-refractivity contribution < 1.29 is 13.2 Å². The quantitative estimate of drug-likeness (QED) is 0.825. The molecule has 1 aromatic carbocycles. The Labute approximate surface area is 160 Å². The molecule has 0 bridgehead atoms. The van der Waals surface area contributed by atoms with Crippen LogP contribution in [0.15, 0.2) is 29.2 Å². The zero-order chi connectivity index (χ0) is 17.2. The number of piperazine rings is 1. The van der Waals surface area contributed by atoms with E-state index in [1.807, 2.05) is 0 Å². The molecule has 2 aliphatic rings. The zero-order valence-corrected chi connectivity index (χ0v) is 16.2. The van der Waals surface area contributed by atoms with Crippen LogP contribution in [0.2, 0.25) is 5.02 Å². The number of halogens is 2. The second kappa shape index (κ2) is 8.68. The summed E-state index contributed by atoms with van der Waals surface area (Å²) in [6, 6.07) is 6.29. The van der Waals surface area contributed by atoms with Gasteiger partial charge >= 0.3 is 0 Å². The van der Waals surface area contributed by atoms with Crippen molar-refractivity contribution in [1.29, 1.82) is 0 Å². The van der Waals surface area contributed by atoms with Crippen molar-refractivity contribution in [3.05, 3.63) is 29.3 Å². The molecule has 6 nitrogen and oxygen atoms in total. The van der Waals surface area contributed by atoms with E-state index in [-0.39, 0.29) is 29.1 Å². The fourth-order valence-corrected chi connectivity index (χ4v) is 4.97. The first-order valence-electron chi connectivity index (χ1n) is 8.24. The molecule has 2 saturated heterocycles. The Balaban J connectivity index is 0.00000225. The Kier molecular flexibility index (Phi) is 7.10. The topological polar surface area (TPSA) is 69.7 Å². The molecule has 1 atom stereocenters. The van der Waals surface area contributed by atoms with Crippen LogP contribution >= 0.6 is 24.0 Å². The van der Waals surface area contributed by atoms with Crippen LogP contribution < -0.4 is 5.32 Å². The molecule has 25 heavy (non-hydrogen) atoms. The molecule has 2 fully saturated rings. The number of rotatable bonds is 3. The summed E-state index contributed by atoms with van der Waals surface area (Å²) in [4.78, 5) is 14.5. The number of carbonyl (C=O) groups is 1. The van der Waals surface area contributed by atoms with Gasteiger partial charge in [0.2, 0.25) is 15.9 Å². The zero-order valence-electron chi connectivity index (χ0n) is 13.9. The summed E-state index contributed by atoms with van der Waals surface area (Å²) in [6.45, 7) is 3.21. The average molecular weight is 408 g/mol. The third kappa shape index (κ3) is 4.65. The molecular formula is C16H23Cl2N3O3S. The number of hydrogen-bond donors (Lipinski definition) is 1. The predicted octanol–water partition coefficient (Wildman–Crippen LogP) is 1.59. The van der Waals surface area contributed by atoms with Gasteiger partial charge in [0.1, 0.15) is 0 Å². The van der Waals surface area contributed by atoms with Crippen molar-refractivity contribution in [3.8, 4) is 0 Å². The first-order valence-corrected chi connectivity index (χ1v) is 10.1. The Morgan fingerprint density at radius 3 is 2.52 bits per heavy atom. The Morgan fingerprint density at radius 1 is 1.20 bits per heavy atom. The molecular weight excluding hydrogens is 385 g/mol. The summed E-state index contributed by atoms with van der Waals surface area (Å²) < 4.78 is 26.8. The fourth-order valence-electron chi connectivity index (χ4n) is 3.25. The number of hydrogen-bond acceptors (Lipinski definition) is 4. The minimum atomic E-state index is -3.56. The minimum absolute atomic E-state index is 0. The maximum atomic E-state index is 12.7. The standard InChI is InChI=1S/C16H22ClN3O3S.ClH/c17-14-4-1-5-15(11-14)24(22,23)20-9-7-19(8-10-20)16(21)13-3-2-6-18-12-13;/h1,4-5,11,13,18H,2-3,6-10,12H2;1H. The van der Waals surface area contributed by atoms with Crippen molar-refractivity contribution in [3.63, 3.8) is 0 Å². The fraction of sp³-hybridized carbons (Fsp3) is 0.562. The van der Waals surface area contributed by atoms with Gasteiger partial charge in [-0.05, 0) is 37.6 Å². The van der Waals surface area contributed by atoms with E-state index < -0.39 is 10.0 Å². The normalized spacial score (nSPS) is 22.3. The highest BCUT2D eigenvalue weighted by Crippen LogP contribution is 2.22. The van der Waals surface area contributed by atoms with Crippen LogP contribution in [0.25, 0.3) is 0 Å². The smallest absolute Gasteiger partial charge is 0.243 e. The second-order valence-corrected chi connectivity index (χ2v) is 8.60. The Morgan fingerprint density at radius 2 is 1.92 bits per heavy atom. The largest absolute Gasteiger partial charge is 0.340 e. The molecule has 0 saturated carbocycles. The average Bonchev–Trinajstić information content (AvgIpc) is 2.62. The van der Waals surface area contributed by atoms with Crippen molar-refractivity contribution in [2.75, 3.05) is 39.3 Å². The lowest BCUT2D eigenvalue weighted by Crippen LogP contribution is -2.53. The van der Waals surface area contributed by atoms with Gasteiger partial charge in [0.25, 0.3) is 0 Å². The number of benzene rings is 1. The lowest BCUT2D eigenvalue weighted by atomic mass is 9.98. The summed E-state index contributed by atoms with van der Waals surface area (Å²) in [5.41, 5.74) is 0. The molecule has 0 aliphatic carbocycles. The van der Waals surface area contributed by atoms with Crippen LogP contribution in [0, 0.1) is 5.92 Å². The molecule has 1 N–H and O–H groups in total. The monoisotopic (exact) mass is 407 g/mol. The highest BCUT2D eigenvalue weighted by Gasteiger charge is 2.32. The van der Waals surface area contributed by atoms with Gasteiger partial charge in [-0.3, -0.25) is 4.79 Å². The van der Waals surface area contributed by atoms with E-state index in [0.717, 1.165) is 25.9 Å². The summed E-state index contributed by atoms with van der Waals surface area (Å²) in [5.74, 6) is 0.164. The number of piperidine rings is 1. The summed E-state index contributed by atoms with van der Waals surface area (Å²) in [6.07, 6.45) is 1.92. The van der Waals surface area contributed by atoms with Crippen LogP contribution in [-0.4, -0.2) is 62.8 Å². The van der Waals surface area contributed by atoms with Crippen molar-refractivity contribution in [1.82, 2.24) is 14.5 Å². The van der Waals surface area contributed by atoms with Crippen LogP contribution in [0.1, 0.15) is 12.8 Å². The lowest BCUT2D eigenvalue weighted by molar-refractivity contribution is -0.137. The molecule has 3 rings (SSSR count). The van der Waals surface area contributed by atoms with E-state index in [2.05, 4.69) is 5.32 Å². The van der Waals surface area contributed by atoms with Crippen LogP contribution in [0.3, 0.4) is 0 Å². The Hall–Kier alpha value is -0.860. The molecule has 0 radical (unpaired) electrons. The number of amides is 1. The molecule has 0 spiro atoms. The van der Waals surface area contributed by atoms with Gasteiger partial charge in [-0.1, -0.05) is 17.7 Å². The van der Waals surface area contributed by atoms with Crippen LogP contribution in [0.5, 0.6) is 0 Å². The van der Waals surface area contributed by atoms with E-state index in [1.165, 1.54) is 10.4 Å². The van der Waals surface area contributed by atoms with E-state index in [9.17, 15) is 13.2 Å². The van der Waals surface area contributed by atoms with E-state index >= 15 is 0 Å². The van der Waals surface area contributed by atoms with Gasteiger partial charge < -0.3 is 10.2 Å². The van der Waals surface area contributed by atoms with Crippen molar-refractivity contribution >= 4 is 39.9 Å². The van der Waals surface area contributed by atoms with Gasteiger partial charge in [0.15, 0.2) is 0 Å². The summed E-state index contributed by atoms with van der Waals surface area (Å²) >= 11 is 5.90. The maximum Gasteiger partial charge on any atom is 0.243 e. The molecule has 1 amide bonds. The highest BCUT2D eigenvalue weighted by atomic mass is 35.5. The maximum absolute atomic E-state index is 12.7. The van der Waals surface area contributed by atoms with Crippen molar-refractivity contribution in [2.45, 2.75) is 17.7 Å². The van der Waals surface area contributed by atoms with Crippen molar-refractivity contribution in [2.24, 2.45) is 5.92 Å². The van der Waals surface area contributed by atoms with E-state index in [1.54, 1.807) is 23.1 Å². The Bertz CT molecular complexity index is 700. The SMILES string of the molecule is Cl.O=C(C1CCCNC1)N1CCN(S(=O)(=O)c2cccc(Cl)c2)CC1. The highest BCUT2D eigenvalue weighted by molar-refractivity contribution is 7.89. The van der Waals surface area contributed by atoms with Crippen LogP contribution in [-0.2, 0) is 14.8 Å². The van der Waals surface area contributed by atoms with E-state index in [4.69, 9.17) is 11.6 Å². The third-order valence-electron chi connectivity index (χ3n) is 4.63. The first-order chi connectivity index (χ1) is 11.5. The van der Waals surface area contributed by atoms with Gasteiger partial charge in [0, 0.05) is 37.7 Å². The number of carbonyl (C=O) groups excluding carboxylic acids is 1. The third-order valence-corrected chi connectivity index (χ3v) is 6.76. The van der Waals surface area contributed by atoms with Crippen LogP contribution in [0.4, 0.5) is 0 Å². The minimum Gasteiger partial charge on any atom is -0.340 e. The number of nitrogens with one attached hydrogen (secondary N) is 1. The molecule has 1 unspecified atom stereocenters. The number of sulfonamides is 1. The lowest BCUT2D eigenvalue weighted by Gasteiger charge is -2.36. The summed E-state index contributed by atoms with van der Waals surface area (Å²) in [5, 5.41) is 3.65. The molecule has 9 heteroatoms. The second-order valence-electron chi connectivity index (χ2n) is 6.23. The van der Waals surface area contributed by atoms with Gasteiger partial charge in [-0.25, -0.2) is 8.42 Å². The van der Waals surface area contributed by atoms with Gasteiger partial charge in [-0.2, -0.15) is 4.31 Å². The summed E-state index contributed by atoms with van der Waals surface area (Å²) in [7, 11) is -3.56. The van der Waals surface area contributed by atoms with Gasteiger partial charge in [0.05, 0.1) is 10.8 Å². The van der Waals surface area contributed by atoms with Gasteiger partial charge in [-0.15, -0.1) is 12.4 Å². The molecule has 2 heterocycles.